The number of nitrogens with two attached hydrogens (primary N) is 1. The number of anilines is 1. The van der Waals surface area contributed by atoms with Crippen molar-refractivity contribution < 1.29 is 9.53 Å². The predicted molar refractivity (Wildman–Crippen MR) is 68.5 cm³/mol. The van der Waals surface area contributed by atoms with Crippen LogP contribution in [0.3, 0.4) is 0 Å². The third-order valence-electron chi connectivity index (χ3n) is 2.89. The highest BCUT2D eigenvalue weighted by atomic mass is 32.1. The molecule has 1 aromatic heterocycles. The largest absolute Gasteiger partial charge is 0.443 e. The van der Waals surface area contributed by atoms with Crippen LogP contribution in [0.1, 0.15) is 0 Å². The van der Waals surface area contributed by atoms with E-state index in [1.807, 2.05) is 29.6 Å². The second-order valence-corrected chi connectivity index (χ2v) is 4.88. The van der Waals surface area contributed by atoms with Gasteiger partial charge in [-0.15, -0.1) is 11.3 Å². The molecule has 2 N–H and O–H groups in total. The van der Waals surface area contributed by atoms with Gasteiger partial charge < -0.3 is 10.5 Å². The predicted octanol–water partition coefficient (Wildman–Crippen LogP) is 2.19. The normalized spacial score (nSPS) is 19.9. The number of carbonyl (C=O) groups excluding carboxylic acids is 1. The van der Waals surface area contributed by atoms with Crippen LogP contribution in [0.2, 0.25) is 0 Å². The van der Waals surface area contributed by atoms with Gasteiger partial charge in [-0.2, -0.15) is 0 Å². The Balaban J connectivity index is 2.02. The fourth-order valence-electron chi connectivity index (χ4n) is 2.01. The van der Waals surface area contributed by atoms with Crippen LogP contribution in [0, 0.1) is 0 Å². The van der Waals surface area contributed by atoms with E-state index in [1.165, 1.54) is 4.70 Å². The zero-order chi connectivity index (χ0) is 11.8. The molecule has 2 heterocycles. The van der Waals surface area contributed by atoms with Crippen LogP contribution in [0.25, 0.3) is 10.1 Å². The lowest BCUT2D eigenvalue weighted by atomic mass is 10.2. The van der Waals surface area contributed by atoms with E-state index in [2.05, 4.69) is 0 Å². The van der Waals surface area contributed by atoms with Crippen molar-refractivity contribution >= 4 is 33.2 Å². The molecule has 5 heteroatoms. The molecule has 1 unspecified atom stereocenters. The maximum atomic E-state index is 11.7. The molecule has 1 fully saturated rings. The Morgan fingerprint density at radius 3 is 3.06 bits per heavy atom. The number of amides is 1. The second kappa shape index (κ2) is 4.01. The van der Waals surface area contributed by atoms with Gasteiger partial charge in [0.05, 0.1) is 12.2 Å². The van der Waals surface area contributed by atoms with Crippen molar-refractivity contribution in [3.8, 4) is 0 Å². The summed E-state index contributed by atoms with van der Waals surface area (Å²) in [7, 11) is 0. The number of cyclic esters (lactones) is 1. The number of thiophene rings is 1. The molecule has 17 heavy (non-hydrogen) atoms. The molecule has 1 amide bonds. The summed E-state index contributed by atoms with van der Waals surface area (Å²) in [5.74, 6) is 0. The zero-order valence-electron chi connectivity index (χ0n) is 9.13. The molecule has 0 radical (unpaired) electrons. The molecule has 0 bridgehead atoms. The number of hydrogen-bond donors (Lipinski definition) is 1. The topological polar surface area (TPSA) is 55.6 Å². The van der Waals surface area contributed by atoms with Gasteiger partial charge in [0.25, 0.3) is 0 Å². The van der Waals surface area contributed by atoms with Gasteiger partial charge in [0.2, 0.25) is 0 Å². The Labute approximate surface area is 103 Å². The number of nitrogens with zero attached hydrogens (tertiary/aromatic N) is 1. The molecule has 3 rings (SSSR count). The highest BCUT2D eigenvalue weighted by Crippen LogP contribution is 2.34. The number of hydrogen-bond acceptors (Lipinski definition) is 4. The van der Waals surface area contributed by atoms with Crippen molar-refractivity contribution in [2.45, 2.75) is 6.10 Å². The SMILES string of the molecule is NCC1CN(c2csc3ccccc23)C(=O)O1. The number of rotatable bonds is 2. The van der Waals surface area contributed by atoms with E-state index < -0.39 is 0 Å². The third-order valence-corrected chi connectivity index (χ3v) is 3.84. The third kappa shape index (κ3) is 1.67. The van der Waals surface area contributed by atoms with Crippen LogP contribution in [0.15, 0.2) is 29.6 Å². The maximum absolute atomic E-state index is 11.7. The zero-order valence-corrected chi connectivity index (χ0v) is 9.94. The Hall–Kier alpha value is -1.59. The van der Waals surface area contributed by atoms with Gasteiger partial charge in [0, 0.05) is 22.0 Å². The molecule has 2 aromatic rings. The van der Waals surface area contributed by atoms with E-state index in [1.54, 1.807) is 16.2 Å². The molecule has 0 saturated carbocycles. The molecule has 1 aliphatic heterocycles. The summed E-state index contributed by atoms with van der Waals surface area (Å²) < 4.78 is 6.34. The van der Waals surface area contributed by atoms with Crippen molar-refractivity contribution in [2.75, 3.05) is 18.0 Å². The Kier molecular flexibility index (Phi) is 2.49. The summed E-state index contributed by atoms with van der Waals surface area (Å²) in [6, 6.07) is 8.03. The van der Waals surface area contributed by atoms with Gasteiger partial charge >= 0.3 is 6.09 Å². The molecule has 1 atom stereocenters. The van der Waals surface area contributed by atoms with Gasteiger partial charge in [0.15, 0.2) is 0 Å². The Morgan fingerprint density at radius 2 is 2.29 bits per heavy atom. The molecule has 0 spiro atoms. The first-order valence-electron chi connectivity index (χ1n) is 5.44. The first-order valence-corrected chi connectivity index (χ1v) is 6.32. The smallest absolute Gasteiger partial charge is 0.414 e. The van der Waals surface area contributed by atoms with Crippen molar-refractivity contribution in [3.05, 3.63) is 29.6 Å². The summed E-state index contributed by atoms with van der Waals surface area (Å²) >= 11 is 1.63. The van der Waals surface area contributed by atoms with E-state index >= 15 is 0 Å². The summed E-state index contributed by atoms with van der Waals surface area (Å²) in [6.07, 6.45) is -0.495. The minimum absolute atomic E-state index is 0.193. The van der Waals surface area contributed by atoms with Crippen molar-refractivity contribution in [2.24, 2.45) is 5.73 Å². The highest BCUT2D eigenvalue weighted by Gasteiger charge is 2.32. The van der Waals surface area contributed by atoms with Gasteiger partial charge in [-0.25, -0.2) is 4.79 Å². The van der Waals surface area contributed by atoms with Crippen molar-refractivity contribution in [1.29, 1.82) is 0 Å². The van der Waals surface area contributed by atoms with Gasteiger partial charge in [0.1, 0.15) is 6.10 Å². The number of ether oxygens (including phenoxy) is 1. The number of fused-ring (bicyclic) bond motifs is 1. The monoisotopic (exact) mass is 248 g/mol. The first kappa shape index (κ1) is 10.6. The minimum Gasteiger partial charge on any atom is -0.443 e. The average molecular weight is 248 g/mol. The van der Waals surface area contributed by atoms with Crippen LogP contribution in [-0.4, -0.2) is 25.3 Å². The number of carbonyl (C=O) groups is 1. The van der Waals surface area contributed by atoms with E-state index in [-0.39, 0.29) is 12.2 Å². The molecular formula is C12H12N2O2S. The van der Waals surface area contributed by atoms with E-state index in [9.17, 15) is 4.79 Å². The van der Waals surface area contributed by atoms with Crippen LogP contribution in [0.4, 0.5) is 10.5 Å². The average Bonchev–Trinajstić information content (AvgIpc) is 2.92. The number of benzene rings is 1. The van der Waals surface area contributed by atoms with Crippen molar-refractivity contribution in [1.82, 2.24) is 0 Å². The molecular weight excluding hydrogens is 236 g/mol. The molecule has 88 valence electrons. The fourth-order valence-corrected chi connectivity index (χ4v) is 2.96. The van der Waals surface area contributed by atoms with E-state index in [4.69, 9.17) is 10.5 Å². The Morgan fingerprint density at radius 1 is 1.47 bits per heavy atom. The van der Waals surface area contributed by atoms with Gasteiger partial charge in [-0.3, -0.25) is 4.90 Å². The molecule has 1 aliphatic rings. The molecule has 0 aliphatic carbocycles. The van der Waals surface area contributed by atoms with Crippen molar-refractivity contribution in [3.63, 3.8) is 0 Å². The standard InChI is InChI=1S/C12H12N2O2S/c13-5-8-6-14(12(15)16-8)10-7-17-11-4-2-1-3-9(10)11/h1-4,7-8H,5-6,13H2. The fraction of sp³-hybridized carbons (Fsp3) is 0.250. The highest BCUT2D eigenvalue weighted by molar-refractivity contribution is 7.17. The van der Waals surface area contributed by atoms with Gasteiger partial charge in [-0.05, 0) is 6.07 Å². The molecule has 1 saturated heterocycles. The molecule has 4 nitrogen and oxygen atoms in total. The lowest BCUT2D eigenvalue weighted by Gasteiger charge is -2.11. The van der Waals surface area contributed by atoms with E-state index in [0.717, 1.165) is 11.1 Å². The minimum atomic E-state index is -0.302. The van der Waals surface area contributed by atoms with Crippen LogP contribution >= 0.6 is 11.3 Å². The summed E-state index contributed by atoms with van der Waals surface area (Å²) in [6.45, 7) is 0.903. The maximum Gasteiger partial charge on any atom is 0.414 e. The van der Waals surface area contributed by atoms with E-state index in [0.29, 0.717) is 13.1 Å². The quantitative estimate of drug-likeness (QED) is 0.886. The van der Waals surface area contributed by atoms with Gasteiger partial charge in [-0.1, -0.05) is 18.2 Å². The van der Waals surface area contributed by atoms with Crippen LogP contribution in [-0.2, 0) is 4.74 Å². The lowest BCUT2D eigenvalue weighted by molar-refractivity contribution is 0.145. The van der Waals surface area contributed by atoms with Crippen LogP contribution in [0.5, 0.6) is 0 Å². The van der Waals surface area contributed by atoms with Crippen LogP contribution < -0.4 is 10.6 Å². The lowest BCUT2D eigenvalue weighted by Crippen LogP contribution is -2.27. The first-order chi connectivity index (χ1) is 8.29. The molecule has 1 aromatic carbocycles. The second-order valence-electron chi connectivity index (χ2n) is 3.97. The summed E-state index contributed by atoms with van der Waals surface area (Å²) in [5, 5.41) is 3.08. The summed E-state index contributed by atoms with van der Waals surface area (Å²) in [5.41, 5.74) is 6.45. The Bertz CT molecular complexity index is 566. The summed E-state index contributed by atoms with van der Waals surface area (Å²) in [4.78, 5) is 13.4.